The van der Waals surface area contributed by atoms with E-state index in [-0.39, 0.29) is 17.0 Å². The molecule has 0 bridgehead atoms. The Labute approximate surface area is 156 Å². The van der Waals surface area contributed by atoms with Crippen LogP contribution in [0, 0.1) is 29.9 Å². The fourth-order valence-electron chi connectivity index (χ4n) is 3.54. The van der Waals surface area contributed by atoms with Gasteiger partial charge in [-0.25, -0.2) is 8.78 Å². The van der Waals surface area contributed by atoms with E-state index in [4.69, 9.17) is 0 Å². The average Bonchev–Trinajstić information content (AvgIpc) is 2.53. The fraction of sp³-hybridized carbons (Fsp3) is 0.667. The summed E-state index contributed by atoms with van der Waals surface area (Å²) < 4.78 is 30.3. The average molecular weight is 366 g/mol. The molecular weight excluding hydrogens is 334 g/mol. The zero-order valence-corrected chi connectivity index (χ0v) is 16.9. The van der Waals surface area contributed by atoms with Gasteiger partial charge in [-0.05, 0) is 37.5 Å². The third-order valence-electron chi connectivity index (χ3n) is 5.10. The van der Waals surface area contributed by atoms with Gasteiger partial charge in [0.15, 0.2) is 11.6 Å². The molecule has 0 aliphatic carbocycles. The Bertz CT molecular complexity index is 672. The second-order valence-corrected chi connectivity index (χ2v) is 8.76. The maximum absolute atomic E-state index is 15.2. The van der Waals surface area contributed by atoms with Crippen molar-refractivity contribution in [2.45, 2.75) is 67.2 Å². The molecule has 1 amide bonds. The second kappa shape index (κ2) is 7.93. The number of carbonyl (C=O) groups excluding carboxylic acids is 1. The lowest BCUT2D eigenvalue weighted by Gasteiger charge is -2.34. The third-order valence-corrected chi connectivity index (χ3v) is 5.10. The molecule has 5 heteroatoms. The van der Waals surface area contributed by atoms with Crippen LogP contribution in [0.5, 0.6) is 0 Å². The molecule has 3 nitrogen and oxygen atoms in total. The van der Waals surface area contributed by atoms with E-state index in [0.717, 1.165) is 12.8 Å². The normalized spacial score (nSPS) is 16.1. The molecule has 0 unspecified atom stereocenters. The van der Waals surface area contributed by atoms with Gasteiger partial charge in [0, 0.05) is 30.6 Å². The number of hydrogen-bond acceptors (Lipinski definition) is 2. The molecule has 0 aromatic heterocycles. The number of anilines is 2. The number of piperidine rings is 1. The first-order valence-electron chi connectivity index (χ1n) is 9.60. The molecular formula is C21H32F2N2O. The van der Waals surface area contributed by atoms with E-state index in [1.54, 1.807) is 6.92 Å². The van der Waals surface area contributed by atoms with E-state index in [9.17, 15) is 4.79 Å². The summed E-state index contributed by atoms with van der Waals surface area (Å²) in [5.74, 6) is -0.717. The lowest BCUT2D eigenvalue weighted by Crippen LogP contribution is -2.34. The van der Waals surface area contributed by atoms with Crippen molar-refractivity contribution in [1.29, 1.82) is 0 Å². The molecule has 1 N–H and O–H groups in total. The zero-order valence-electron chi connectivity index (χ0n) is 16.9. The summed E-state index contributed by atoms with van der Waals surface area (Å²) in [7, 11) is 0. The van der Waals surface area contributed by atoms with Gasteiger partial charge >= 0.3 is 0 Å². The van der Waals surface area contributed by atoms with Gasteiger partial charge in [0.05, 0.1) is 5.69 Å². The van der Waals surface area contributed by atoms with Gasteiger partial charge in [-0.3, -0.25) is 4.79 Å². The Morgan fingerprint density at radius 2 is 1.77 bits per heavy atom. The molecule has 0 radical (unpaired) electrons. The molecule has 1 aliphatic rings. The molecule has 1 saturated heterocycles. The molecule has 1 aliphatic heterocycles. The van der Waals surface area contributed by atoms with Crippen LogP contribution < -0.4 is 10.2 Å². The second-order valence-electron chi connectivity index (χ2n) is 8.76. The quantitative estimate of drug-likeness (QED) is 0.769. The highest BCUT2D eigenvalue weighted by Gasteiger charge is 2.28. The number of amides is 1. The van der Waals surface area contributed by atoms with Crippen molar-refractivity contribution in [3.05, 3.63) is 22.8 Å². The van der Waals surface area contributed by atoms with Gasteiger partial charge in [-0.2, -0.15) is 0 Å². The minimum atomic E-state index is -0.555. The number of nitrogens with zero attached hydrogens (tertiary/aromatic N) is 1. The van der Waals surface area contributed by atoms with Crippen LogP contribution in [0.3, 0.4) is 0 Å². The standard InChI is InChI=1S/C21H32F2N2O/c1-7-15-18(23)20(25-10-8-13(2)9-11-25)17(22)14(3)19(15)24-16(26)12-21(4,5)6/h13H,7-12H2,1-6H3,(H,24,26). The Morgan fingerprint density at radius 3 is 2.27 bits per heavy atom. The molecule has 1 aromatic rings. The van der Waals surface area contributed by atoms with E-state index >= 15 is 8.78 Å². The van der Waals surface area contributed by atoms with Crippen LogP contribution >= 0.6 is 0 Å². The Morgan fingerprint density at radius 1 is 1.19 bits per heavy atom. The molecule has 0 atom stereocenters. The van der Waals surface area contributed by atoms with Gasteiger partial charge in [-0.15, -0.1) is 0 Å². The van der Waals surface area contributed by atoms with Crippen molar-refractivity contribution >= 4 is 17.3 Å². The fourth-order valence-corrected chi connectivity index (χ4v) is 3.54. The Kier molecular flexibility index (Phi) is 6.30. The first kappa shape index (κ1) is 20.7. The van der Waals surface area contributed by atoms with Crippen LogP contribution in [0.25, 0.3) is 0 Å². The summed E-state index contributed by atoms with van der Waals surface area (Å²) >= 11 is 0. The molecule has 2 rings (SSSR count). The van der Waals surface area contributed by atoms with Crippen LogP contribution in [0.15, 0.2) is 0 Å². The summed E-state index contributed by atoms with van der Waals surface area (Å²) in [6, 6.07) is 0. The number of carbonyl (C=O) groups is 1. The molecule has 0 spiro atoms. The molecule has 26 heavy (non-hydrogen) atoms. The maximum atomic E-state index is 15.2. The lowest BCUT2D eigenvalue weighted by atomic mass is 9.91. The van der Waals surface area contributed by atoms with Crippen LogP contribution in [-0.2, 0) is 11.2 Å². The van der Waals surface area contributed by atoms with Crippen molar-refractivity contribution < 1.29 is 13.6 Å². The van der Waals surface area contributed by atoms with Gasteiger partial charge in [0.1, 0.15) is 5.69 Å². The third kappa shape index (κ3) is 4.54. The smallest absolute Gasteiger partial charge is 0.224 e. The van der Waals surface area contributed by atoms with Crippen molar-refractivity contribution in [3.8, 4) is 0 Å². The van der Waals surface area contributed by atoms with Crippen LogP contribution in [-0.4, -0.2) is 19.0 Å². The van der Waals surface area contributed by atoms with Gasteiger partial charge in [0.2, 0.25) is 5.91 Å². The number of nitrogens with one attached hydrogen (secondary N) is 1. The van der Waals surface area contributed by atoms with Crippen LogP contribution in [0.2, 0.25) is 0 Å². The zero-order chi connectivity index (χ0) is 19.6. The molecule has 1 heterocycles. The summed E-state index contributed by atoms with van der Waals surface area (Å²) in [5, 5.41) is 2.77. The summed E-state index contributed by atoms with van der Waals surface area (Å²) in [6.07, 6.45) is 2.56. The van der Waals surface area contributed by atoms with Crippen molar-refractivity contribution in [3.63, 3.8) is 0 Å². The highest BCUT2D eigenvalue weighted by Crippen LogP contribution is 2.37. The molecule has 0 saturated carbocycles. The van der Waals surface area contributed by atoms with E-state index in [2.05, 4.69) is 12.2 Å². The van der Waals surface area contributed by atoms with E-state index in [1.165, 1.54) is 0 Å². The molecule has 146 valence electrons. The highest BCUT2D eigenvalue weighted by atomic mass is 19.1. The largest absolute Gasteiger partial charge is 0.367 e. The number of rotatable bonds is 4. The van der Waals surface area contributed by atoms with Gasteiger partial charge in [-0.1, -0.05) is 34.6 Å². The number of benzene rings is 1. The molecule has 1 aromatic carbocycles. The van der Waals surface area contributed by atoms with Crippen LogP contribution in [0.4, 0.5) is 20.2 Å². The summed E-state index contributed by atoms with van der Waals surface area (Å²) in [5.41, 5.74) is 0.885. The number of halogens is 2. The maximum Gasteiger partial charge on any atom is 0.224 e. The van der Waals surface area contributed by atoms with E-state index in [0.29, 0.717) is 48.7 Å². The minimum absolute atomic E-state index is 0.0695. The van der Waals surface area contributed by atoms with Crippen LogP contribution in [0.1, 0.15) is 65.0 Å². The van der Waals surface area contributed by atoms with Gasteiger partial charge in [0.25, 0.3) is 0 Å². The van der Waals surface area contributed by atoms with E-state index in [1.807, 2.05) is 32.6 Å². The van der Waals surface area contributed by atoms with E-state index < -0.39 is 11.6 Å². The topological polar surface area (TPSA) is 32.3 Å². The Balaban J connectivity index is 2.41. The SMILES string of the molecule is CCc1c(F)c(N2CCC(C)CC2)c(F)c(C)c1NC(=O)CC(C)(C)C. The monoisotopic (exact) mass is 366 g/mol. The summed E-state index contributed by atoms with van der Waals surface area (Å²) in [6.45, 7) is 12.8. The summed E-state index contributed by atoms with van der Waals surface area (Å²) in [4.78, 5) is 14.1. The first-order chi connectivity index (χ1) is 12.0. The van der Waals surface area contributed by atoms with Crippen molar-refractivity contribution in [1.82, 2.24) is 0 Å². The predicted octanol–water partition coefficient (Wildman–Crippen LogP) is 5.45. The highest BCUT2D eigenvalue weighted by molar-refractivity contribution is 5.93. The van der Waals surface area contributed by atoms with Gasteiger partial charge < -0.3 is 10.2 Å². The first-order valence-corrected chi connectivity index (χ1v) is 9.60. The minimum Gasteiger partial charge on any atom is -0.367 e. The molecule has 1 fully saturated rings. The Hall–Kier alpha value is -1.65. The lowest BCUT2D eigenvalue weighted by molar-refractivity contribution is -0.117. The predicted molar refractivity (Wildman–Crippen MR) is 104 cm³/mol. The number of hydrogen-bond donors (Lipinski definition) is 1. The van der Waals surface area contributed by atoms with Crippen molar-refractivity contribution in [2.75, 3.05) is 23.3 Å². The van der Waals surface area contributed by atoms with Crippen molar-refractivity contribution in [2.24, 2.45) is 11.3 Å².